The highest BCUT2D eigenvalue weighted by Gasteiger charge is 2.44. The molecule has 0 radical (unpaired) electrons. The van der Waals surface area contributed by atoms with Gasteiger partial charge in [-0.1, -0.05) is 60.4 Å². The number of anilines is 1. The molecule has 3 heterocycles. The van der Waals surface area contributed by atoms with Crippen molar-refractivity contribution in [3.05, 3.63) is 81.8 Å². The second kappa shape index (κ2) is 10.1. The summed E-state index contributed by atoms with van der Waals surface area (Å²) in [7, 11) is 0. The summed E-state index contributed by atoms with van der Waals surface area (Å²) in [5.41, 5.74) is 6.65. The Hall–Kier alpha value is -2.82. The van der Waals surface area contributed by atoms with E-state index < -0.39 is 0 Å². The highest BCUT2D eigenvalue weighted by atomic mass is 35.5. The van der Waals surface area contributed by atoms with Gasteiger partial charge in [-0.2, -0.15) is 0 Å². The van der Waals surface area contributed by atoms with Crippen LogP contribution in [0.2, 0.25) is 10.0 Å². The first kappa shape index (κ1) is 25.5. The van der Waals surface area contributed by atoms with Gasteiger partial charge in [0, 0.05) is 53.1 Å². The fourth-order valence-electron chi connectivity index (χ4n) is 5.98. The molecule has 196 valence electrons. The van der Waals surface area contributed by atoms with Gasteiger partial charge in [-0.25, -0.2) is 0 Å². The molecule has 7 rings (SSSR count). The van der Waals surface area contributed by atoms with E-state index in [-0.39, 0.29) is 5.41 Å². The summed E-state index contributed by atoms with van der Waals surface area (Å²) in [6.45, 7) is 8.14. The van der Waals surface area contributed by atoms with Crippen LogP contribution >= 0.6 is 23.2 Å². The maximum atomic E-state index is 6.57. The van der Waals surface area contributed by atoms with Crippen LogP contribution in [-0.4, -0.2) is 23.2 Å². The summed E-state index contributed by atoms with van der Waals surface area (Å²) < 4.78 is 5.91. The van der Waals surface area contributed by atoms with E-state index in [4.69, 9.17) is 27.7 Å². The third-order valence-corrected chi connectivity index (χ3v) is 8.81. The van der Waals surface area contributed by atoms with E-state index in [1.165, 1.54) is 22.0 Å². The van der Waals surface area contributed by atoms with Crippen molar-refractivity contribution in [3.8, 4) is 11.3 Å². The van der Waals surface area contributed by atoms with E-state index in [1.54, 1.807) is 0 Å². The number of benzene rings is 2. The van der Waals surface area contributed by atoms with Crippen LogP contribution in [0.25, 0.3) is 27.6 Å². The number of rotatable bonds is 4. The highest BCUT2D eigenvalue weighted by Crippen LogP contribution is 2.56. The zero-order chi connectivity index (χ0) is 26.4. The molecule has 1 aliphatic heterocycles. The Labute approximate surface area is 234 Å². The Morgan fingerprint density at radius 3 is 2.34 bits per heavy atom. The molecule has 4 aromatic rings. The van der Waals surface area contributed by atoms with Crippen LogP contribution in [0.3, 0.4) is 0 Å². The molecule has 2 aromatic heterocycles. The van der Waals surface area contributed by atoms with Crippen molar-refractivity contribution in [3.63, 3.8) is 0 Å². The third kappa shape index (κ3) is 4.52. The molecule has 0 N–H and O–H groups in total. The fraction of sp³-hybridized carbons (Fsp3) is 0.375. The Balaban J connectivity index is 0.00000129. The summed E-state index contributed by atoms with van der Waals surface area (Å²) in [5, 5.41) is 8.17. The molecule has 1 spiro atoms. The average Bonchev–Trinajstić information content (AvgIpc) is 3.68. The molecular formula is C32H33Cl2N3O. The quantitative estimate of drug-likeness (QED) is 0.256. The lowest BCUT2D eigenvalue weighted by molar-refractivity contribution is 0.277. The van der Waals surface area contributed by atoms with Crippen molar-refractivity contribution in [2.75, 3.05) is 18.0 Å². The smallest absolute Gasteiger partial charge is 0.147 e. The van der Waals surface area contributed by atoms with Crippen molar-refractivity contribution in [1.29, 1.82) is 0 Å². The van der Waals surface area contributed by atoms with Crippen LogP contribution < -0.4 is 4.90 Å². The van der Waals surface area contributed by atoms with Gasteiger partial charge in [0.15, 0.2) is 0 Å². The molecule has 6 heteroatoms. The molecule has 0 atom stereocenters. The van der Waals surface area contributed by atoms with Crippen LogP contribution in [0.4, 0.5) is 5.69 Å². The monoisotopic (exact) mass is 545 g/mol. The number of allylic oxidation sites excluding steroid dienone is 2. The number of nitrogens with zero attached hydrogens (tertiary/aromatic N) is 3. The second-order valence-corrected chi connectivity index (χ2v) is 11.5. The van der Waals surface area contributed by atoms with Gasteiger partial charge in [0.1, 0.15) is 11.5 Å². The summed E-state index contributed by atoms with van der Waals surface area (Å²) in [5.74, 6) is 1.48. The maximum Gasteiger partial charge on any atom is 0.147 e. The molecule has 0 bridgehead atoms. The molecular weight excluding hydrogens is 513 g/mol. The lowest BCUT2D eigenvalue weighted by Gasteiger charge is -2.47. The van der Waals surface area contributed by atoms with E-state index in [0.29, 0.717) is 16.0 Å². The topological polar surface area (TPSA) is 42.2 Å². The minimum atomic E-state index is 0.251. The summed E-state index contributed by atoms with van der Waals surface area (Å²) >= 11 is 13.1. The van der Waals surface area contributed by atoms with Crippen molar-refractivity contribution in [2.45, 2.75) is 58.8 Å². The van der Waals surface area contributed by atoms with E-state index in [1.807, 2.05) is 45.2 Å². The van der Waals surface area contributed by atoms with Crippen LogP contribution in [0, 0.1) is 12.3 Å². The fourth-order valence-corrected chi connectivity index (χ4v) is 6.56. The number of pyridine rings is 1. The van der Waals surface area contributed by atoms with Crippen molar-refractivity contribution < 1.29 is 4.52 Å². The normalized spacial score (nSPS) is 18.1. The molecule has 1 saturated heterocycles. The van der Waals surface area contributed by atoms with Crippen LogP contribution in [0.5, 0.6) is 0 Å². The predicted octanol–water partition coefficient (Wildman–Crippen LogP) is 9.48. The first-order valence-corrected chi connectivity index (χ1v) is 14.5. The lowest BCUT2D eigenvalue weighted by atomic mass is 9.63. The molecule has 1 saturated carbocycles. The Kier molecular flexibility index (Phi) is 6.74. The molecule has 2 fully saturated rings. The molecule has 38 heavy (non-hydrogen) atoms. The van der Waals surface area contributed by atoms with Crippen molar-refractivity contribution in [1.82, 2.24) is 10.1 Å². The summed E-state index contributed by atoms with van der Waals surface area (Å²) in [6.07, 6.45) is 10.1. The molecule has 2 aromatic carbocycles. The van der Waals surface area contributed by atoms with Gasteiger partial charge in [0.2, 0.25) is 0 Å². The van der Waals surface area contributed by atoms with Gasteiger partial charge >= 0.3 is 0 Å². The van der Waals surface area contributed by atoms with Crippen LogP contribution in [0.1, 0.15) is 68.9 Å². The van der Waals surface area contributed by atoms with Gasteiger partial charge in [-0.15, -0.1) is 0 Å². The number of hydrogen-bond donors (Lipinski definition) is 0. The van der Waals surface area contributed by atoms with E-state index in [2.05, 4.69) is 45.4 Å². The van der Waals surface area contributed by atoms with Crippen molar-refractivity contribution >= 4 is 45.2 Å². The standard InChI is InChI=1S/C30H27Cl2N3O.C2H6/c1-18-13-20-7-8-23(14-21(20)17-33-18)35-11-9-30(10-12-35)15-22(16-30)26-28(34-36-29(26)19-5-6-19)27-24(31)3-2-4-25(27)32;1-2/h2-4,7-8,13-15,17,19H,5-6,9-12,16H2,1H3;1-2H3. The number of piperidine rings is 1. The van der Waals surface area contributed by atoms with E-state index in [9.17, 15) is 0 Å². The predicted molar refractivity (Wildman–Crippen MR) is 158 cm³/mol. The maximum absolute atomic E-state index is 6.57. The van der Waals surface area contributed by atoms with Crippen LogP contribution in [0.15, 0.2) is 59.3 Å². The lowest BCUT2D eigenvalue weighted by Crippen LogP contribution is -2.42. The molecule has 0 unspecified atom stereocenters. The number of hydrogen-bond acceptors (Lipinski definition) is 4. The van der Waals surface area contributed by atoms with Gasteiger partial charge in [-0.05, 0) is 85.7 Å². The zero-order valence-corrected chi connectivity index (χ0v) is 23.7. The summed E-state index contributed by atoms with van der Waals surface area (Å²) in [6, 6.07) is 14.5. The van der Waals surface area contributed by atoms with Gasteiger partial charge in [0.25, 0.3) is 0 Å². The number of fused-ring (bicyclic) bond motifs is 1. The van der Waals surface area contributed by atoms with Gasteiger partial charge in [-0.3, -0.25) is 4.98 Å². The minimum absolute atomic E-state index is 0.251. The van der Waals surface area contributed by atoms with E-state index in [0.717, 1.165) is 73.5 Å². The van der Waals surface area contributed by atoms with Gasteiger partial charge in [0.05, 0.1) is 10.0 Å². The van der Waals surface area contributed by atoms with E-state index >= 15 is 0 Å². The van der Waals surface area contributed by atoms with Gasteiger partial charge < -0.3 is 9.42 Å². The summed E-state index contributed by atoms with van der Waals surface area (Å²) in [4.78, 5) is 6.99. The second-order valence-electron chi connectivity index (χ2n) is 10.7. The molecule has 0 amide bonds. The zero-order valence-electron chi connectivity index (χ0n) is 22.2. The first-order valence-electron chi connectivity index (χ1n) is 13.8. The average molecular weight is 547 g/mol. The minimum Gasteiger partial charge on any atom is -0.371 e. The molecule has 4 nitrogen and oxygen atoms in total. The van der Waals surface area contributed by atoms with Crippen molar-refractivity contribution in [2.24, 2.45) is 5.41 Å². The molecule has 2 aliphatic carbocycles. The highest BCUT2D eigenvalue weighted by molar-refractivity contribution is 6.39. The number of halogens is 2. The first-order chi connectivity index (χ1) is 18.5. The Morgan fingerprint density at radius 1 is 0.947 bits per heavy atom. The third-order valence-electron chi connectivity index (χ3n) is 8.18. The number of aryl methyl sites for hydroxylation is 1. The SMILES string of the molecule is CC.Cc1cc2ccc(N3CCC4(C=C(c5c(-c6c(Cl)cccc6Cl)noc5C5CC5)C4)CC3)cc2cn1. The molecule has 3 aliphatic rings. The largest absolute Gasteiger partial charge is 0.371 e. The number of aromatic nitrogens is 2. The van der Waals surface area contributed by atoms with Crippen LogP contribution in [-0.2, 0) is 0 Å². The Morgan fingerprint density at radius 2 is 1.66 bits per heavy atom. The Bertz CT molecular complexity index is 1510.